The van der Waals surface area contributed by atoms with Gasteiger partial charge in [0.15, 0.2) is 0 Å². The maximum atomic E-state index is 9.82. The van der Waals surface area contributed by atoms with Gasteiger partial charge >= 0.3 is 5.97 Å². The highest BCUT2D eigenvalue weighted by atomic mass is 16.5. The molecule has 0 aromatic heterocycles. The average molecular weight is 186 g/mol. The van der Waals surface area contributed by atoms with Crippen molar-refractivity contribution in [1.82, 2.24) is 0 Å². The molecule has 2 nitrogen and oxygen atoms in total. The molecule has 1 fully saturated rings. The molecule has 0 saturated heterocycles. The van der Waals surface area contributed by atoms with Gasteiger partial charge in [-0.05, 0) is 12.8 Å². The van der Waals surface area contributed by atoms with Gasteiger partial charge in [-0.15, -0.1) is 0 Å². The lowest BCUT2D eigenvalue weighted by molar-refractivity contribution is -0.140. The molecule has 0 amide bonds. The molecule has 0 unspecified atom stereocenters. The summed E-state index contributed by atoms with van der Waals surface area (Å²) in [7, 11) is 0. The molecule has 0 spiro atoms. The fraction of sp³-hybridized carbons (Fsp3) is 0.909. The van der Waals surface area contributed by atoms with E-state index in [-0.39, 0.29) is 5.97 Å². The van der Waals surface area contributed by atoms with Gasteiger partial charge in [-0.25, -0.2) is 0 Å². The van der Waals surface area contributed by atoms with E-state index in [4.69, 9.17) is 0 Å². The summed E-state index contributed by atoms with van der Waals surface area (Å²) in [6.07, 6.45) is 7.44. The topological polar surface area (TPSA) is 26.3 Å². The van der Waals surface area contributed by atoms with Crippen LogP contribution in [0.2, 0.25) is 0 Å². The van der Waals surface area contributed by atoms with Crippen LogP contribution in [0.3, 0.4) is 0 Å². The number of hydrogen-bond donors (Lipinski definition) is 0. The Hall–Kier alpha value is -0.530. The number of carbonyl (C=O) groups is 1. The van der Waals surface area contributed by atoms with Crippen LogP contribution in [-0.2, 0) is 9.53 Å². The van der Waals surface area contributed by atoms with Crippen LogP contribution in [0.1, 0.15) is 52.9 Å². The zero-order valence-corrected chi connectivity index (χ0v) is 9.14. The van der Waals surface area contributed by atoms with E-state index in [1.165, 1.54) is 39.0 Å². The Morgan fingerprint density at radius 1 is 1.31 bits per heavy atom. The zero-order valence-electron chi connectivity index (χ0n) is 9.14. The summed E-state index contributed by atoms with van der Waals surface area (Å²) in [5.74, 6) is 0.825. The molecule has 0 heterocycles. The lowest BCUT2D eigenvalue weighted by Gasteiger charge is -2.15. The molecular formula is C11H22O2. The van der Waals surface area contributed by atoms with Gasteiger partial charge in [0, 0.05) is 6.92 Å². The maximum absolute atomic E-state index is 9.82. The second-order valence-electron chi connectivity index (χ2n) is 3.67. The molecule has 0 aromatic rings. The van der Waals surface area contributed by atoms with E-state index in [0.29, 0.717) is 6.61 Å². The highest BCUT2D eigenvalue weighted by Crippen LogP contribution is 2.21. The predicted molar refractivity (Wildman–Crippen MR) is 54.6 cm³/mol. The second kappa shape index (κ2) is 8.09. The normalized spacial score (nSPS) is 17.2. The summed E-state index contributed by atoms with van der Waals surface area (Å²) in [6, 6.07) is 0. The molecule has 1 aliphatic carbocycles. The third kappa shape index (κ3) is 9.38. The summed E-state index contributed by atoms with van der Waals surface area (Å²) in [5, 5.41) is 0. The van der Waals surface area contributed by atoms with E-state index in [1.54, 1.807) is 6.92 Å². The fourth-order valence-electron chi connectivity index (χ4n) is 1.51. The van der Waals surface area contributed by atoms with Crippen LogP contribution < -0.4 is 0 Å². The standard InChI is InChI=1S/C7H14.C4H8O2/c1-7-5-3-2-4-6-7;1-3-6-4(2)5/h7H,2-6H2,1H3;3H2,1-2H3. The van der Waals surface area contributed by atoms with Crippen molar-refractivity contribution in [2.45, 2.75) is 52.9 Å². The molecular weight excluding hydrogens is 164 g/mol. The van der Waals surface area contributed by atoms with Crippen LogP contribution >= 0.6 is 0 Å². The molecule has 1 aliphatic rings. The first-order valence-corrected chi connectivity index (χ1v) is 5.30. The largest absolute Gasteiger partial charge is 0.466 e. The predicted octanol–water partition coefficient (Wildman–Crippen LogP) is 3.16. The van der Waals surface area contributed by atoms with Gasteiger partial charge in [-0.2, -0.15) is 0 Å². The van der Waals surface area contributed by atoms with E-state index in [2.05, 4.69) is 11.7 Å². The monoisotopic (exact) mass is 186 g/mol. The van der Waals surface area contributed by atoms with Crippen LogP contribution in [0.15, 0.2) is 0 Å². The Kier molecular flexibility index (Phi) is 7.76. The molecule has 0 atom stereocenters. The van der Waals surface area contributed by atoms with Gasteiger partial charge in [-0.3, -0.25) is 4.79 Å². The van der Waals surface area contributed by atoms with E-state index in [9.17, 15) is 4.79 Å². The second-order valence-corrected chi connectivity index (χ2v) is 3.67. The minimum atomic E-state index is -0.211. The van der Waals surface area contributed by atoms with Gasteiger partial charge < -0.3 is 4.74 Å². The third-order valence-corrected chi connectivity index (χ3v) is 2.24. The molecule has 13 heavy (non-hydrogen) atoms. The van der Waals surface area contributed by atoms with Crippen molar-refractivity contribution in [2.75, 3.05) is 6.61 Å². The van der Waals surface area contributed by atoms with Crippen LogP contribution in [0.4, 0.5) is 0 Å². The lowest BCUT2D eigenvalue weighted by atomic mass is 9.91. The Morgan fingerprint density at radius 2 is 1.85 bits per heavy atom. The van der Waals surface area contributed by atoms with Crippen LogP contribution in [-0.4, -0.2) is 12.6 Å². The molecule has 2 heteroatoms. The quantitative estimate of drug-likeness (QED) is 0.588. The first-order valence-electron chi connectivity index (χ1n) is 5.30. The minimum absolute atomic E-state index is 0.211. The van der Waals surface area contributed by atoms with Gasteiger partial charge in [0.2, 0.25) is 0 Å². The highest BCUT2D eigenvalue weighted by molar-refractivity contribution is 5.65. The molecule has 0 aromatic carbocycles. The summed E-state index contributed by atoms with van der Waals surface area (Å²) >= 11 is 0. The van der Waals surface area contributed by atoms with Gasteiger partial charge in [0.1, 0.15) is 0 Å². The van der Waals surface area contributed by atoms with Crippen molar-refractivity contribution < 1.29 is 9.53 Å². The SMILES string of the molecule is CC1CCCCC1.CCOC(C)=O. The van der Waals surface area contributed by atoms with Crippen LogP contribution in [0.5, 0.6) is 0 Å². The van der Waals surface area contributed by atoms with Crippen molar-refractivity contribution in [3.05, 3.63) is 0 Å². The fourth-order valence-corrected chi connectivity index (χ4v) is 1.51. The molecule has 1 rings (SSSR count). The first-order chi connectivity index (χ1) is 6.16. The van der Waals surface area contributed by atoms with Gasteiger partial charge in [-0.1, -0.05) is 39.0 Å². The number of hydrogen-bond acceptors (Lipinski definition) is 2. The van der Waals surface area contributed by atoms with Gasteiger partial charge in [0.25, 0.3) is 0 Å². The van der Waals surface area contributed by atoms with E-state index < -0.39 is 0 Å². The maximum Gasteiger partial charge on any atom is 0.302 e. The van der Waals surface area contributed by atoms with Crippen molar-refractivity contribution in [3.8, 4) is 0 Å². The Balaban J connectivity index is 0.000000226. The molecule has 0 bridgehead atoms. The lowest BCUT2D eigenvalue weighted by Crippen LogP contribution is -1.99. The third-order valence-electron chi connectivity index (χ3n) is 2.24. The summed E-state index contributed by atoms with van der Waals surface area (Å²) < 4.78 is 4.40. The smallest absolute Gasteiger partial charge is 0.302 e. The van der Waals surface area contributed by atoms with Crippen molar-refractivity contribution in [3.63, 3.8) is 0 Å². The van der Waals surface area contributed by atoms with E-state index >= 15 is 0 Å². The summed E-state index contributed by atoms with van der Waals surface area (Å²) in [4.78, 5) is 9.82. The summed E-state index contributed by atoms with van der Waals surface area (Å²) in [6.45, 7) is 6.01. The van der Waals surface area contributed by atoms with Crippen molar-refractivity contribution >= 4 is 5.97 Å². The average Bonchev–Trinajstić information content (AvgIpc) is 2.06. The van der Waals surface area contributed by atoms with Crippen LogP contribution in [0.25, 0.3) is 0 Å². The minimum Gasteiger partial charge on any atom is -0.466 e. The Morgan fingerprint density at radius 3 is 2.00 bits per heavy atom. The Bertz CT molecular complexity index is 126. The molecule has 0 aliphatic heterocycles. The molecule has 1 saturated carbocycles. The Labute approximate surface area is 81.7 Å². The van der Waals surface area contributed by atoms with Gasteiger partial charge in [0.05, 0.1) is 6.61 Å². The first kappa shape index (κ1) is 12.5. The molecule has 78 valence electrons. The number of rotatable bonds is 1. The zero-order chi connectivity index (χ0) is 10.1. The molecule has 0 radical (unpaired) electrons. The van der Waals surface area contributed by atoms with Crippen molar-refractivity contribution in [2.24, 2.45) is 5.92 Å². The van der Waals surface area contributed by atoms with Crippen LogP contribution in [0, 0.1) is 5.92 Å². The highest BCUT2D eigenvalue weighted by Gasteiger charge is 2.05. The van der Waals surface area contributed by atoms with Crippen molar-refractivity contribution in [1.29, 1.82) is 0 Å². The molecule has 0 N–H and O–H groups in total. The summed E-state index contributed by atoms with van der Waals surface area (Å²) in [5.41, 5.74) is 0. The van der Waals surface area contributed by atoms with E-state index in [1.807, 2.05) is 0 Å². The number of carbonyl (C=O) groups excluding carboxylic acids is 1. The van der Waals surface area contributed by atoms with E-state index in [0.717, 1.165) is 5.92 Å². The number of esters is 1. The number of ether oxygens (including phenoxy) is 1.